The molecule has 2 aromatic carbocycles. The molecule has 3 aromatic rings. The van der Waals surface area contributed by atoms with Gasteiger partial charge in [0.15, 0.2) is 5.13 Å². The predicted octanol–water partition coefficient (Wildman–Crippen LogP) is 4.87. The molecular weight excluding hydrogens is 434 g/mol. The molecule has 1 aliphatic rings. The summed E-state index contributed by atoms with van der Waals surface area (Å²) in [6, 6.07) is 9.86. The number of alkyl halides is 3. The van der Waals surface area contributed by atoms with E-state index < -0.39 is 6.36 Å². The molecule has 31 heavy (non-hydrogen) atoms. The lowest BCUT2D eigenvalue weighted by molar-refractivity contribution is -0.274. The molecule has 4 rings (SSSR count). The van der Waals surface area contributed by atoms with E-state index in [1.807, 2.05) is 4.90 Å². The van der Waals surface area contributed by atoms with Crippen LogP contribution >= 0.6 is 11.3 Å². The standard InChI is InChI=1S/C21H19F4N3O2S/c22-15-5-8-17-18(10-15)31-20(27-17)28-9-1-2-14(12-28)19(29)26-11-13-3-6-16(7-4-13)30-21(23,24)25/h3-8,10,14H,1-2,9,11-12H2,(H,26,29). The molecule has 1 amide bonds. The molecule has 1 N–H and O–H groups in total. The third kappa shape index (κ3) is 5.43. The van der Waals surface area contributed by atoms with Crippen molar-refractivity contribution in [3.05, 3.63) is 53.8 Å². The summed E-state index contributed by atoms with van der Waals surface area (Å²) in [6.07, 6.45) is -3.17. The Bertz CT molecular complexity index is 1070. The molecule has 1 saturated heterocycles. The molecule has 0 radical (unpaired) electrons. The lowest BCUT2D eigenvalue weighted by atomic mass is 9.97. The monoisotopic (exact) mass is 453 g/mol. The number of aromatic nitrogens is 1. The van der Waals surface area contributed by atoms with Crippen LogP contribution in [-0.4, -0.2) is 30.3 Å². The molecule has 0 spiro atoms. The maximum absolute atomic E-state index is 13.4. The van der Waals surface area contributed by atoms with E-state index in [2.05, 4.69) is 15.0 Å². The minimum Gasteiger partial charge on any atom is -0.406 e. The van der Waals surface area contributed by atoms with Crippen molar-refractivity contribution in [3.63, 3.8) is 0 Å². The molecule has 5 nitrogen and oxygen atoms in total. The summed E-state index contributed by atoms with van der Waals surface area (Å²) >= 11 is 1.40. The number of ether oxygens (including phenoxy) is 1. The fourth-order valence-corrected chi connectivity index (χ4v) is 4.55. The van der Waals surface area contributed by atoms with E-state index in [1.54, 1.807) is 6.07 Å². The fourth-order valence-electron chi connectivity index (χ4n) is 3.53. The number of rotatable bonds is 5. The van der Waals surface area contributed by atoms with E-state index in [9.17, 15) is 22.4 Å². The number of thiazole rings is 1. The molecule has 2 heterocycles. The summed E-state index contributed by atoms with van der Waals surface area (Å²) in [5.74, 6) is -0.962. The van der Waals surface area contributed by atoms with Gasteiger partial charge in [0.2, 0.25) is 5.91 Å². The highest BCUT2D eigenvalue weighted by Gasteiger charge is 2.31. The third-order valence-electron chi connectivity index (χ3n) is 5.03. The summed E-state index contributed by atoms with van der Waals surface area (Å²) in [5.41, 5.74) is 1.40. The molecule has 1 unspecified atom stereocenters. The van der Waals surface area contributed by atoms with Crippen LogP contribution in [0.3, 0.4) is 0 Å². The average molecular weight is 453 g/mol. The second-order valence-electron chi connectivity index (χ2n) is 7.30. The molecular formula is C21H19F4N3O2S. The van der Waals surface area contributed by atoms with Gasteiger partial charge in [0, 0.05) is 19.6 Å². The van der Waals surface area contributed by atoms with Crippen LogP contribution in [-0.2, 0) is 11.3 Å². The van der Waals surface area contributed by atoms with Crippen molar-refractivity contribution in [2.75, 3.05) is 18.0 Å². The number of piperidine rings is 1. The van der Waals surface area contributed by atoms with Crippen molar-refractivity contribution < 1.29 is 27.1 Å². The van der Waals surface area contributed by atoms with Gasteiger partial charge in [0.05, 0.1) is 16.1 Å². The Morgan fingerprint density at radius 1 is 1.23 bits per heavy atom. The number of hydrogen-bond donors (Lipinski definition) is 1. The average Bonchev–Trinajstić information content (AvgIpc) is 3.15. The van der Waals surface area contributed by atoms with Gasteiger partial charge in [-0.1, -0.05) is 23.5 Å². The molecule has 1 atom stereocenters. The number of amides is 1. The summed E-state index contributed by atoms with van der Waals surface area (Å²) in [7, 11) is 0. The van der Waals surface area contributed by atoms with Crippen LogP contribution in [0.4, 0.5) is 22.7 Å². The van der Waals surface area contributed by atoms with E-state index in [4.69, 9.17) is 0 Å². The highest BCUT2D eigenvalue weighted by Crippen LogP contribution is 2.32. The number of fused-ring (bicyclic) bond motifs is 1. The van der Waals surface area contributed by atoms with Crippen molar-refractivity contribution in [1.29, 1.82) is 0 Å². The number of benzene rings is 2. The van der Waals surface area contributed by atoms with Gasteiger partial charge in [-0.2, -0.15) is 0 Å². The first-order chi connectivity index (χ1) is 14.8. The number of nitrogens with one attached hydrogen (secondary N) is 1. The van der Waals surface area contributed by atoms with Gasteiger partial charge >= 0.3 is 6.36 Å². The van der Waals surface area contributed by atoms with Gasteiger partial charge in [-0.3, -0.25) is 4.79 Å². The lowest BCUT2D eigenvalue weighted by Gasteiger charge is -2.31. The third-order valence-corrected chi connectivity index (χ3v) is 6.10. The number of carbonyl (C=O) groups excluding carboxylic acids is 1. The van der Waals surface area contributed by atoms with Crippen molar-refractivity contribution in [2.45, 2.75) is 25.7 Å². The predicted molar refractivity (Wildman–Crippen MR) is 109 cm³/mol. The highest BCUT2D eigenvalue weighted by atomic mass is 32.1. The number of hydrogen-bond acceptors (Lipinski definition) is 5. The normalized spacial score (nSPS) is 17.0. The van der Waals surface area contributed by atoms with Crippen molar-refractivity contribution in [1.82, 2.24) is 10.3 Å². The van der Waals surface area contributed by atoms with Crippen LogP contribution in [0.25, 0.3) is 10.2 Å². The maximum atomic E-state index is 13.4. The van der Waals surface area contributed by atoms with E-state index in [1.165, 1.54) is 47.7 Å². The molecule has 164 valence electrons. The van der Waals surface area contributed by atoms with Gasteiger partial charge in [0.25, 0.3) is 0 Å². The van der Waals surface area contributed by atoms with E-state index >= 15 is 0 Å². The number of anilines is 1. The summed E-state index contributed by atoms with van der Waals surface area (Å²) in [6.45, 7) is 1.49. The summed E-state index contributed by atoms with van der Waals surface area (Å²) < 4.78 is 54.7. The van der Waals surface area contributed by atoms with Crippen LogP contribution < -0.4 is 15.0 Å². The Labute approximate surface area is 179 Å². The largest absolute Gasteiger partial charge is 0.573 e. The second kappa shape index (κ2) is 8.70. The van der Waals surface area contributed by atoms with Gasteiger partial charge in [-0.05, 0) is 48.7 Å². The lowest BCUT2D eigenvalue weighted by Crippen LogP contribution is -2.42. The fraction of sp³-hybridized carbons (Fsp3) is 0.333. The molecule has 1 aromatic heterocycles. The molecule has 0 bridgehead atoms. The van der Waals surface area contributed by atoms with E-state index in [-0.39, 0.29) is 29.9 Å². The van der Waals surface area contributed by atoms with Gasteiger partial charge in [-0.15, -0.1) is 13.2 Å². The molecule has 0 aliphatic carbocycles. The molecule has 0 saturated carbocycles. The SMILES string of the molecule is O=C(NCc1ccc(OC(F)(F)F)cc1)C1CCCN(c2nc3ccc(F)cc3s2)C1. The van der Waals surface area contributed by atoms with Crippen LogP contribution in [0.2, 0.25) is 0 Å². The highest BCUT2D eigenvalue weighted by molar-refractivity contribution is 7.22. The maximum Gasteiger partial charge on any atom is 0.573 e. The van der Waals surface area contributed by atoms with Crippen molar-refractivity contribution >= 4 is 32.6 Å². The topological polar surface area (TPSA) is 54.5 Å². The Morgan fingerprint density at radius 2 is 2.00 bits per heavy atom. The van der Waals surface area contributed by atoms with Gasteiger partial charge < -0.3 is 15.0 Å². The van der Waals surface area contributed by atoms with Gasteiger partial charge in [-0.25, -0.2) is 9.37 Å². The molecule has 1 aliphatic heterocycles. The Kier molecular flexibility index (Phi) is 5.99. The Balaban J connectivity index is 1.34. The van der Waals surface area contributed by atoms with Crippen LogP contribution in [0, 0.1) is 11.7 Å². The summed E-state index contributed by atoms with van der Waals surface area (Å²) in [5, 5.41) is 3.61. The van der Waals surface area contributed by atoms with Crippen molar-refractivity contribution in [2.24, 2.45) is 5.92 Å². The number of halogens is 4. The van der Waals surface area contributed by atoms with Gasteiger partial charge in [0.1, 0.15) is 11.6 Å². The van der Waals surface area contributed by atoms with Crippen LogP contribution in [0.15, 0.2) is 42.5 Å². The second-order valence-corrected chi connectivity index (χ2v) is 8.31. The first kappa shape index (κ1) is 21.4. The van der Waals surface area contributed by atoms with E-state index in [0.717, 1.165) is 34.7 Å². The minimum absolute atomic E-state index is 0.118. The first-order valence-corrected chi connectivity index (χ1v) is 10.5. The number of carbonyl (C=O) groups is 1. The minimum atomic E-state index is -4.74. The van der Waals surface area contributed by atoms with Crippen molar-refractivity contribution in [3.8, 4) is 5.75 Å². The Morgan fingerprint density at radius 3 is 2.74 bits per heavy atom. The molecule has 10 heteroatoms. The first-order valence-electron chi connectivity index (χ1n) is 9.70. The van der Waals surface area contributed by atoms with E-state index in [0.29, 0.717) is 12.1 Å². The quantitative estimate of drug-likeness (QED) is 0.561. The molecule has 1 fully saturated rings. The zero-order valence-electron chi connectivity index (χ0n) is 16.3. The Hall–Kier alpha value is -2.88. The van der Waals surface area contributed by atoms with Crippen LogP contribution in [0.5, 0.6) is 5.75 Å². The summed E-state index contributed by atoms with van der Waals surface area (Å²) in [4.78, 5) is 19.2. The van der Waals surface area contributed by atoms with Crippen LogP contribution in [0.1, 0.15) is 18.4 Å². The zero-order valence-corrected chi connectivity index (χ0v) is 17.1. The zero-order chi connectivity index (χ0) is 22.0. The smallest absolute Gasteiger partial charge is 0.406 e. The number of nitrogens with zero attached hydrogens (tertiary/aromatic N) is 2.